The number of para-hydroxylation sites is 2. The fourth-order valence-corrected chi connectivity index (χ4v) is 3.82. The van der Waals surface area contributed by atoms with Gasteiger partial charge in [0.2, 0.25) is 5.91 Å². The number of pyridine rings is 1. The van der Waals surface area contributed by atoms with E-state index < -0.39 is 0 Å². The number of benzene rings is 3. The second-order valence-electron chi connectivity index (χ2n) is 7.99. The summed E-state index contributed by atoms with van der Waals surface area (Å²) in [6, 6.07) is 20.7. The zero-order valence-electron chi connectivity index (χ0n) is 18.1. The smallest absolute Gasteiger partial charge is 0.224 e. The topological polar surface area (TPSA) is 103 Å². The molecule has 164 valence electrons. The van der Waals surface area contributed by atoms with Crippen LogP contribution in [0, 0.1) is 6.92 Å². The van der Waals surface area contributed by atoms with Gasteiger partial charge >= 0.3 is 0 Å². The lowest BCUT2D eigenvalue weighted by Crippen LogP contribution is -2.25. The molecule has 0 radical (unpaired) electrons. The summed E-state index contributed by atoms with van der Waals surface area (Å²) in [4.78, 5) is 24.7. The molecule has 5 aromatic rings. The fourth-order valence-electron chi connectivity index (χ4n) is 3.82. The molecule has 7 nitrogen and oxygen atoms in total. The number of phenols is 1. The molecule has 0 saturated heterocycles. The van der Waals surface area contributed by atoms with E-state index in [1.54, 1.807) is 18.3 Å². The minimum absolute atomic E-state index is 0.0861. The normalized spacial score (nSPS) is 11.1. The van der Waals surface area contributed by atoms with Gasteiger partial charge in [-0.15, -0.1) is 0 Å². The van der Waals surface area contributed by atoms with Gasteiger partial charge in [0.15, 0.2) is 0 Å². The molecule has 0 saturated carbocycles. The first kappa shape index (κ1) is 20.5. The minimum atomic E-state index is -0.0861. The number of aromatic amines is 1. The predicted molar refractivity (Wildman–Crippen MR) is 130 cm³/mol. The molecular formula is C26H23N5O2. The Hall–Kier alpha value is -4.39. The van der Waals surface area contributed by atoms with Crippen LogP contribution in [0.3, 0.4) is 0 Å². The van der Waals surface area contributed by atoms with E-state index in [-0.39, 0.29) is 18.1 Å². The van der Waals surface area contributed by atoms with Gasteiger partial charge < -0.3 is 20.7 Å². The molecule has 0 aliphatic heterocycles. The first-order chi connectivity index (χ1) is 16.0. The average Bonchev–Trinajstić information content (AvgIpc) is 3.24. The molecule has 0 aliphatic carbocycles. The van der Waals surface area contributed by atoms with E-state index in [2.05, 4.69) is 25.6 Å². The number of carbonyl (C=O) groups excluding carboxylic acids is 1. The van der Waals surface area contributed by atoms with Gasteiger partial charge in [-0.25, -0.2) is 4.98 Å². The molecule has 1 amide bonds. The van der Waals surface area contributed by atoms with Crippen molar-refractivity contribution >= 4 is 39.2 Å². The molecule has 3 aromatic carbocycles. The molecule has 2 aromatic heterocycles. The van der Waals surface area contributed by atoms with Crippen molar-refractivity contribution in [2.75, 3.05) is 5.32 Å². The average molecular weight is 438 g/mol. The molecule has 0 unspecified atom stereocenters. The van der Waals surface area contributed by atoms with Crippen LogP contribution in [0.5, 0.6) is 5.75 Å². The van der Waals surface area contributed by atoms with E-state index in [1.165, 1.54) is 0 Å². The molecule has 0 atom stereocenters. The highest BCUT2D eigenvalue weighted by atomic mass is 16.3. The van der Waals surface area contributed by atoms with Crippen molar-refractivity contribution in [2.45, 2.75) is 19.9 Å². The number of imidazole rings is 1. The molecule has 7 heteroatoms. The van der Waals surface area contributed by atoms with Gasteiger partial charge in [0, 0.05) is 29.0 Å². The summed E-state index contributed by atoms with van der Waals surface area (Å²) in [6.07, 6.45) is 1.98. The van der Waals surface area contributed by atoms with Crippen LogP contribution in [0.25, 0.3) is 21.9 Å². The zero-order chi connectivity index (χ0) is 22.8. The maximum atomic E-state index is 12.6. The van der Waals surface area contributed by atoms with Crippen molar-refractivity contribution in [1.29, 1.82) is 0 Å². The molecular weight excluding hydrogens is 414 g/mol. The zero-order valence-corrected chi connectivity index (χ0v) is 18.1. The van der Waals surface area contributed by atoms with Gasteiger partial charge in [0.25, 0.3) is 0 Å². The Labute approximate surface area is 190 Å². The van der Waals surface area contributed by atoms with Crippen molar-refractivity contribution in [3.63, 3.8) is 0 Å². The molecule has 2 heterocycles. The van der Waals surface area contributed by atoms with Crippen molar-refractivity contribution in [2.24, 2.45) is 0 Å². The number of aromatic nitrogens is 3. The number of hydrogen-bond donors (Lipinski definition) is 4. The minimum Gasteiger partial charge on any atom is -0.508 e. The number of rotatable bonds is 6. The number of phenolic OH excluding ortho intramolecular Hbond substituents is 1. The van der Waals surface area contributed by atoms with Crippen molar-refractivity contribution < 1.29 is 9.90 Å². The first-order valence-corrected chi connectivity index (χ1v) is 10.7. The molecule has 0 spiro atoms. The Morgan fingerprint density at radius 1 is 1.00 bits per heavy atom. The summed E-state index contributed by atoms with van der Waals surface area (Å²) < 4.78 is 0. The molecule has 0 fully saturated rings. The highest BCUT2D eigenvalue weighted by Crippen LogP contribution is 2.29. The summed E-state index contributed by atoms with van der Waals surface area (Å²) in [5.74, 6) is 0.834. The van der Waals surface area contributed by atoms with Gasteiger partial charge in [-0.05, 0) is 54.4 Å². The highest BCUT2D eigenvalue weighted by molar-refractivity contribution is 5.94. The van der Waals surface area contributed by atoms with E-state index in [9.17, 15) is 9.90 Å². The number of H-pyrrole nitrogens is 1. The maximum absolute atomic E-state index is 12.6. The molecule has 4 N–H and O–H groups in total. The van der Waals surface area contributed by atoms with E-state index in [4.69, 9.17) is 0 Å². The van der Waals surface area contributed by atoms with Gasteiger partial charge in [-0.2, -0.15) is 0 Å². The van der Waals surface area contributed by atoms with Crippen LogP contribution < -0.4 is 10.6 Å². The number of nitrogens with zero attached hydrogens (tertiary/aromatic N) is 2. The summed E-state index contributed by atoms with van der Waals surface area (Å²) in [7, 11) is 0. The van der Waals surface area contributed by atoms with Gasteiger partial charge in [-0.3, -0.25) is 9.78 Å². The third-order valence-corrected chi connectivity index (χ3v) is 5.55. The number of nitrogens with one attached hydrogen (secondary N) is 3. The molecule has 0 bridgehead atoms. The lowest BCUT2D eigenvalue weighted by Gasteiger charge is -2.13. The van der Waals surface area contributed by atoms with E-state index >= 15 is 0 Å². The fraction of sp³-hybridized carbons (Fsp3) is 0.115. The van der Waals surface area contributed by atoms with Gasteiger partial charge in [0.05, 0.1) is 29.5 Å². The van der Waals surface area contributed by atoms with Gasteiger partial charge in [0.1, 0.15) is 11.6 Å². The second-order valence-corrected chi connectivity index (χ2v) is 7.99. The number of amides is 1. The summed E-state index contributed by atoms with van der Waals surface area (Å²) in [6.45, 7) is 2.31. The third-order valence-electron chi connectivity index (χ3n) is 5.55. The highest BCUT2D eigenvalue weighted by Gasteiger charge is 2.10. The monoisotopic (exact) mass is 437 g/mol. The third kappa shape index (κ3) is 4.48. The SMILES string of the molecule is Cc1ccc(O)cc1Nc1ccnc2ccc(CC(=O)NCc3nc4ccccc4[nH]3)cc12. The van der Waals surface area contributed by atoms with E-state index in [1.807, 2.05) is 61.5 Å². The summed E-state index contributed by atoms with van der Waals surface area (Å²) in [5, 5.41) is 17.1. The van der Waals surface area contributed by atoms with Crippen LogP contribution in [-0.4, -0.2) is 26.0 Å². The second kappa shape index (κ2) is 8.63. The quantitative estimate of drug-likeness (QED) is 0.308. The van der Waals surface area contributed by atoms with Crippen LogP contribution in [0.1, 0.15) is 17.0 Å². The van der Waals surface area contributed by atoms with Gasteiger partial charge in [-0.1, -0.05) is 24.3 Å². The molecule has 0 aliphatic rings. The number of anilines is 2. The first-order valence-electron chi connectivity index (χ1n) is 10.7. The summed E-state index contributed by atoms with van der Waals surface area (Å²) >= 11 is 0. The van der Waals surface area contributed by atoms with Crippen molar-refractivity contribution in [3.8, 4) is 5.75 Å². The maximum Gasteiger partial charge on any atom is 0.224 e. The molecule has 33 heavy (non-hydrogen) atoms. The Balaban J connectivity index is 1.32. The van der Waals surface area contributed by atoms with E-state index in [0.717, 1.165) is 50.3 Å². The van der Waals surface area contributed by atoms with Crippen LogP contribution in [0.15, 0.2) is 72.9 Å². The van der Waals surface area contributed by atoms with Crippen LogP contribution in [0.2, 0.25) is 0 Å². The molecule has 5 rings (SSSR count). The number of fused-ring (bicyclic) bond motifs is 2. The number of carbonyl (C=O) groups is 1. The van der Waals surface area contributed by atoms with Crippen molar-refractivity contribution in [3.05, 3.63) is 89.9 Å². The number of hydrogen-bond acceptors (Lipinski definition) is 5. The lowest BCUT2D eigenvalue weighted by molar-refractivity contribution is -0.120. The van der Waals surface area contributed by atoms with Crippen LogP contribution >= 0.6 is 0 Å². The summed E-state index contributed by atoms with van der Waals surface area (Å²) in [5.41, 5.74) is 6.22. The Bertz CT molecular complexity index is 1440. The Morgan fingerprint density at radius 3 is 2.76 bits per heavy atom. The van der Waals surface area contributed by atoms with E-state index in [0.29, 0.717) is 6.54 Å². The van der Waals surface area contributed by atoms with Crippen LogP contribution in [0.4, 0.5) is 11.4 Å². The number of aryl methyl sites for hydroxylation is 1. The largest absolute Gasteiger partial charge is 0.508 e. The number of aromatic hydroxyl groups is 1. The standard InChI is InChI=1S/C26H23N5O2/c1-16-6-8-18(32)14-24(16)29-21-10-11-27-20-9-7-17(12-19(20)21)13-26(33)28-15-25-30-22-4-2-3-5-23(22)31-25/h2-12,14,32H,13,15H2,1H3,(H,27,29)(H,28,33)(H,30,31). The van der Waals surface area contributed by atoms with Crippen LogP contribution in [-0.2, 0) is 17.8 Å². The Morgan fingerprint density at radius 2 is 1.88 bits per heavy atom. The van der Waals surface area contributed by atoms with Crippen molar-refractivity contribution in [1.82, 2.24) is 20.3 Å². The predicted octanol–water partition coefficient (Wildman–Crippen LogP) is 4.73. The Kier molecular flexibility index (Phi) is 5.36. The lowest BCUT2D eigenvalue weighted by atomic mass is 10.1.